The monoisotopic (exact) mass is 535 g/mol. The highest BCUT2D eigenvalue weighted by Crippen LogP contribution is 2.07. The Bertz CT molecular complexity index is 915. The number of rotatable bonds is 19. The van der Waals surface area contributed by atoms with E-state index in [1.54, 1.807) is 24.3 Å². The Morgan fingerprint density at radius 1 is 0.737 bits per heavy atom. The highest BCUT2D eigenvalue weighted by atomic mass is 16.4. The van der Waals surface area contributed by atoms with Gasteiger partial charge in [-0.25, -0.2) is 4.79 Å². The minimum Gasteiger partial charge on any atom is -0.480 e. The zero-order chi connectivity index (χ0) is 28.5. The molecule has 4 unspecified atom stereocenters. The van der Waals surface area contributed by atoms with Crippen LogP contribution >= 0.6 is 0 Å². The van der Waals surface area contributed by atoms with E-state index in [-0.39, 0.29) is 19.3 Å². The second-order valence-electron chi connectivity index (χ2n) is 9.06. The maximum absolute atomic E-state index is 13.1. The van der Waals surface area contributed by atoms with Gasteiger partial charge in [0.15, 0.2) is 0 Å². The fraction of sp³-hybridized carbons (Fsp3) is 0.560. The molecule has 0 aliphatic carbocycles. The SMILES string of the molecule is NCCCCC(NC(=O)C(CCCCN)NC(=O)C(CC(N)=O)NC(=O)C(N)Cc1ccccc1)C(=O)O. The van der Waals surface area contributed by atoms with E-state index in [1.807, 2.05) is 6.07 Å². The number of unbranched alkanes of at least 4 members (excludes halogenated alkanes) is 2. The molecule has 4 amide bonds. The van der Waals surface area contributed by atoms with Crippen LogP contribution in [0.2, 0.25) is 0 Å². The lowest BCUT2D eigenvalue weighted by Gasteiger charge is -2.25. The normalized spacial score (nSPS) is 14.0. The highest BCUT2D eigenvalue weighted by Gasteiger charge is 2.31. The largest absolute Gasteiger partial charge is 0.480 e. The summed E-state index contributed by atoms with van der Waals surface area (Å²) in [7, 11) is 0. The molecule has 0 bridgehead atoms. The quantitative estimate of drug-likeness (QED) is 0.0932. The van der Waals surface area contributed by atoms with Gasteiger partial charge in [0.25, 0.3) is 0 Å². The number of hydrogen-bond donors (Lipinski definition) is 8. The predicted octanol–water partition coefficient (Wildman–Crippen LogP) is -1.77. The third-order valence-corrected chi connectivity index (χ3v) is 5.81. The van der Waals surface area contributed by atoms with Gasteiger partial charge in [-0.15, -0.1) is 0 Å². The fourth-order valence-corrected chi connectivity index (χ4v) is 3.71. The van der Waals surface area contributed by atoms with Crippen molar-refractivity contribution in [1.29, 1.82) is 0 Å². The molecule has 1 rings (SSSR count). The van der Waals surface area contributed by atoms with Gasteiger partial charge in [0.1, 0.15) is 18.1 Å². The number of amides is 4. The Labute approximate surface area is 222 Å². The molecular weight excluding hydrogens is 494 g/mol. The molecule has 0 fully saturated rings. The molecule has 1 aromatic rings. The smallest absolute Gasteiger partial charge is 0.326 e. The number of benzene rings is 1. The molecule has 0 aliphatic rings. The number of hydrogen-bond acceptors (Lipinski definition) is 8. The van der Waals surface area contributed by atoms with Crippen LogP contribution in [0.3, 0.4) is 0 Å². The first-order valence-corrected chi connectivity index (χ1v) is 12.7. The minimum absolute atomic E-state index is 0.161. The zero-order valence-corrected chi connectivity index (χ0v) is 21.6. The van der Waals surface area contributed by atoms with E-state index in [2.05, 4.69) is 16.0 Å². The average molecular weight is 536 g/mol. The van der Waals surface area contributed by atoms with Gasteiger partial charge in [-0.1, -0.05) is 30.3 Å². The van der Waals surface area contributed by atoms with Crippen LogP contribution in [-0.2, 0) is 30.4 Å². The Balaban J connectivity index is 2.95. The van der Waals surface area contributed by atoms with Gasteiger partial charge in [-0.2, -0.15) is 0 Å². The van der Waals surface area contributed by atoms with Crippen molar-refractivity contribution in [3.63, 3.8) is 0 Å². The summed E-state index contributed by atoms with van der Waals surface area (Å²) in [5.41, 5.74) is 23.1. The molecule has 0 spiro atoms. The summed E-state index contributed by atoms with van der Waals surface area (Å²) >= 11 is 0. The van der Waals surface area contributed by atoms with Gasteiger partial charge >= 0.3 is 5.97 Å². The molecule has 13 heteroatoms. The Morgan fingerprint density at radius 2 is 1.24 bits per heavy atom. The van der Waals surface area contributed by atoms with E-state index in [9.17, 15) is 29.1 Å². The molecule has 212 valence electrons. The number of carbonyl (C=O) groups is 5. The van der Waals surface area contributed by atoms with Crippen LogP contribution in [0, 0.1) is 0 Å². The van der Waals surface area contributed by atoms with E-state index in [4.69, 9.17) is 22.9 Å². The summed E-state index contributed by atoms with van der Waals surface area (Å²) in [6, 6.07) is 4.33. The van der Waals surface area contributed by atoms with Gasteiger partial charge in [0.2, 0.25) is 23.6 Å². The van der Waals surface area contributed by atoms with Crippen molar-refractivity contribution < 1.29 is 29.1 Å². The van der Waals surface area contributed by atoms with Crippen LogP contribution in [0.5, 0.6) is 0 Å². The predicted molar refractivity (Wildman–Crippen MR) is 141 cm³/mol. The first kappa shape index (κ1) is 32.5. The van der Waals surface area contributed by atoms with Gasteiger partial charge in [0, 0.05) is 0 Å². The lowest BCUT2D eigenvalue weighted by molar-refractivity contribution is -0.142. The molecular formula is C25H41N7O6. The van der Waals surface area contributed by atoms with Gasteiger partial charge in [0.05, 0.1) is 12.5 Å². The van der Waals surface area contributed by atoms with Crippen molar-refractivity contribution in [3.05, 3.63) is 35.9 Å². The maximum atomic E-state index is 13.1. The van der Waals surface area contributed by atoms with E-state index in [1.165, 1.54) is 0 Å². The van der Waals surface area contributed by atoms with Crippen LogP contribution in [0.15, 0.2) is 30.3 Å². The molecule has 0 saturated carbocycles. The van der Waals surface area contributed by atoms with Gasteiger partial charge in [-0.3, -0.25) is 19.2 Å². The first-order chi connectivity index (χ1) is 18.1. The number of aliphatic carboxylic acids is 1. The summed E-state index contributed by atoms with van der Waals surface area (Å²) in [6.07, 6.45) is 2.12. The lowest BCUT2D eigenvalue weighted by atomic mass is 10.0. The minimum atomic E-state index is -1.38. The standard InChI is InChI=1S/C25H41N7O6/c26-12-6-4-10-18(23(35)31-19(25(37)38)11-5-7-13-27)30-24(36)20(15-21(29)33)32-22(34)17(28)14-16-8-2-1-3-9-16/h1-3,8-9,17-20H,4-7,10-15,26-28H2,(H2,29,33)(H,30,36)(H,31,35)(H,32,34)(H,37,38). The second-order valence-corrected chi connectivity index (χ2v) is 9.06. The summed E-state index contributed by atoms with van der Waals surface area (Å²) in [6.45, 7) is 0.749. The van der Waals surface area contributed by atoms with E-state index < -0.39 is 60.2 Å². The number of primary amides is 1. The molecule has 1 aromatic carbocycles. The molecule has 0 aromatic heterocycles. The van der Waals surface area contributed by atoms with Gasteiger partial charge in [-0.05, 0) is 63.6 Å². The third-order valence-electron chi connectivity index (χ3n) is 5.81. The van der Waals surface area contributed by atoms with E-state index >= 15 is 0 Å². The van der Waals surface area contributed by atoms with Gasteiger partial charge < -0.3 is 44.0 Å². The van der Waals surface area contributed by atoms with Crippen molar-refractivity contribution in [2.24, 2.45) is 22.9 Å². The zero-order valence-electron chi connectivity index (χ0n) is 21.6. The molecule has 0 radical (unpaired) electrons. The van der Waals surface area contributed by atoms with Crippen molar-refractivity contribution in [2.45, 2.75) is 75.5 Å². The molecule has 0 aliphatic heterocycles. The summed E-state index contributed by atoms with van der Waals surface area (Å²) < 4.78 is 0. The Hall–Kier alpha value is -3.55. The Kier molecular flexibility index (Phi) is 15.2. The van der Waals surface area contributed by atoms with Crippen molar-refractivity contribution in [1.82, 2.24) is 16.0 Å². The van der Waals surface area contributed by atoms with Crippen LogP contribution < -0.4 is 38.9 Å². The molecule has 0 heterocycles. The number of nitrogens with two attached hydrogens (primary N) is 4. The number of carboxylic acid groups (broad SMARTS) is 1. The fourth-order valence-electron chi connectivity index (χ4n) is 3.71. The van der Waals surface area contributed by atoms with Crippen LogP contribution in [-0.4, -0.2) is 72.0 Å². The number of nitrogens with one attached hydrogen (secondary N) is 3. The first-order valence-electron chi connectivity index (χ1n) is 12.7. The summed E-state index contributed by atoms with van der Waals surface area (Å²) in [4.78, 5) is 61.9. The van der Waals surface area contributed by atoms with E-state index in [0.717, 1.165) is 5.56 Å². The van der Waals surface area contributed by atoms with Crippen molar-refractivity contribution >= 4 is 29.6 Å². The van der Waals surface area contributed by atoms with Crippen LogP contribution in [0.1, 0.15) is 50.5 Å². The maximum Gasteiger partial charge on any atom is 0.326 e. The molecule has 0 saturated heterocycles. The van der Waals surface area contributed by atoms with Crippen molar-refractivity contribution in [3.8, 4) is 0 Å². The number of carboxylic acids is 1. The lowest BCUT2D eigenvalue weighted by Crippen LogP contribution is -2.57. The molecule has 38 heavy (non-hydrogen) atoms. The van der Waals surface area contributed by atoms with E-state index in [0.29, 0.717) is 38.8 Å². The topological polar surface area (TPSA) is 246 Å². The van der Waals surface area contributed by atoms with Crippen LogP contribution in [0.4, 0.5) is 0 Å². The van der Waals surface area contributed by atoms with Crippen molar-refractivity contribution in [2.75, 3.05) is 13.1 Å². The average Bonchev–Trinajstić information content (AvgIpc) is 2.87. The second kappa shape index (κ2) is 17.8. The molecule has 12 N–H and O–H groups in total. The highest BCUT2D eigenvalue weighted by molar-refractivity contribution is 5.96. The third kappa shape index (κ3) is 12.6. The number of carbonyl (C=O) groups excluding carboxylic acids is 4. The van der Waals surface area contributed by atoms with Crippen LogP contribution in [0.25, 0.3) is 0 Å². The molecule has 4 atom stereocenters. The Morgan fingerprint density at radius 3 is 1.76 bits per heavy atom. The molecule has 13 nitrogen and oxygen atoms in total. The summed E-state index contributed by atoms with van der Waals surface area (Å²) in [5.74, 6) is -4.27. The summed E-state index contributed by atoms with van der Waals surface area (Å²) in [5, 5.41) is 16.9.